The molecule has 1 saturated heterocycles. The first kappa shape index (κ1) is 24.5. The second-order valence-electron chi connectivity index (χ2n) is 9.59. The summed E-state index contributed by atoms with van der Waals surface area (Å²) in [6.07, 6.45) is 8.02. The van der Waals surface area contributed by atoms with Gasteiger partial charge in [-0.05, 0) is 49.2 Å². The van der Waals surface area contributed by atoms with E-state index >= 15 is 0 Å². The number of ether oxygens (including phenoxy) is 3. The van der Waals surface area contributed by atoms with Crippen LogP contribution in [0.3, 0.4) is 0 Å². The average Bonchev–Trinajstić information content (AvgIpc) is 3.51. The highest BCUT2D eigenvalue weighted by molar-refractivity contribution is 9.10. The number of imide groups is 2. The van der Waals surface area contributed by atoms with Gasteiger partial charge in [-0.25, -0.2) is 4.79 Å². The third-order valence-corrected chi connectivity index (χ3v) is 7.68. The van der Waals surface area contributed by atoms with Gasteiger partial charge in [-0.2, -0.15) is 0 Å². The van der Waals surface area contributed by atoms with Crippen LogP contribution in [0.5, 0.6) is 17.2 Å². The molecular weight excluding hydrogens is 554 g/mol. The number of rotatable bonds is 6. The molecule has 0 spiro atoms. The zero-order chi connectivity index (χ0) is 26.2. The average molecular weight is 580 g/mol. The SMILES string of the molecule is O=C1NC(=O)N(C2CCCCC2)C(=O)/C1=C/c1cn(CCOc2ccc3c(c2)OCO3)c2ccc(Br)cc12. The summed E-state index contributed by atoms with van der Waals surface area (Å²) >= 11 is 3.53. The quantitative estimate of drug-likeness (QED) is 0.325. The molecule has 2 aromatic carbocycles. The first-order valence-electron chi connectivity index (χ1n) is 12.7. The molecule has 2 aliphatic heterocycles. The molecule has 196 valence electrons. The van der Waals surface area contributed by atoms with E-state index in [1.165, 1.54) is 4.90 Å². The first-order chi connectivity index (χ1) is 18.5. The summed E-state index contributed by atoms with van der Waals surface area (Å²) < 4.78 is 19.6. The number of benzene rings is 2. The minimum absolute atomic E-state index is 0.0363. The second-order valence-corrected chi connectivity index (χ2v) is 10.5. The van der Waals surface area contributed by atoms with Crippen LogP contribution in [0.1, 0.15) is 37.7 Å². The van der Waals surface area contributed by atoms with Crippen molar-refractivity contribution in [3.63, 3.8) is 0 Å². The van der Waals surface area contributed by atoms with Gasteiger partial charge in [0.15, 0.2) is 11.5 Å². The smallest absolute Gasteiger partial charge is 0.331 e. The Balaban J connectivity index is 1.27. The topological polar surface area (TPSA) is 99.1 Å². The van der Waals surface area contributed by atoms with Crippen molar-refractivity contribution in [3.8, 4) is 17.2 Å². The van der Waals surface area contributed by atoms with Gasteiger partial charge in [0, 0.05) is 39.2 Å². The molecule has 2 fully saturated rings. The molecule has 9 nitrogen and oxygen atoms in total. The van der Waals surface area contributed by atoms with E-state index < -0.39 is 17.8 Å². The van der Waals surface area contributed by atoms with Gasteiger partial charge in [-0.15, -0.1) is 0 Å². The number of urea groups is 1. The molecule has 10 heteroatoms. The van der Waals surface area contributed by atoms with Crippen LogP contribution in [0.25, 0.3) is 17.0 Å². The van der Waals surface area contributed by atoms with Crippen LogP contribution in [0, 0.1) is 0 Å². The molecule has 1 aliphatic carbocycles. The number of aromatic nitrogens is 1. The van der Waals surface area contributed by atoms with Crippen molar-refractivity contribution in [1.82, 2.24) is 14.8 Å². The summed E-state index contributed by atoms with van der Waals surface area (Å²) in [6.45, 7) is 1.12. The largest absolute Gasteiger partial charge is 0.492 e. The molecule has 3 heterocycles. The lowest BCUT2D eigenvalue weighted by Crippen LogP contribution is -2.58. The lowest BCUT2D eigenvalue weighted by molar-refractivity contribution is -0.132. The van der Waals surface area contributed by atoms with E-state index in [1.54, 1.807) is 12.1 Å². The molecule has 0 atom stereocenters. The van der Waals surface area contributed by atoms with Crippen molar-refractivity contribution in [2.24, 2.45) is 0 Å². The van der Waals surface area contributed by atoms with Gasteiger partial charge in [0.05, 0.1) is 6.54 Å². The van der Waals surface area contributed by atoms with Gasteiger partial charge in [0.1, 0.15) is 17.9 Å². The number of halogens is 1. The van der Waals surface area contributed by atoms with E-state index in [2.05, 4.69) is 21.2 Å². The fourth-order valence-corrected chi connectivity index (χ4v) is 5.68. The number of nitrogens with zero attached hydrogens (tertiary/aromatic N) is 2. The fourth-order valence-electron chi connectivity index (χ4n) is 5.32. The molecule has 3 aromatic rings. The summed E-state index contributed by atoms with van der Waals surface area (Å²) in [5.74, 6) is 0.820. The highest BCUT2D eigenvalue weighted by Crippen LogP contribution is 2.35. The van der Waals surface area contributed by atoms with Crippen LogP contribution < -0.4 is 19.5 Å². The van der Waals surface area contributed by atoms with Crippen molar-refractivity contribution in [1.29, 1.82) is 0 Å². The Morgan fingerprint density at radius 2 is 1.84 bits per heavy atom. The Bertz CT molecular complexity index is 1470. The molecule has 38 heavy (non-hydrogen) atoms. The van der Waals surface area contributed by atoms with Crippen LogP contribution in [-0.4, -0.2) is 46.8 Å². The van der Waals surface area contributed by atoms with Gasteiger partial charge < -0.3 is 18.8 Å². The number of carbonyl (C=O) groups excluding carboxylic acids is 3. The summed E-state index contributed by atoms with van der Waals surface area (Å²) in [6, 6.07) is 10.5. The Kier molecular flexibility index (Phi) is 6.57. The molecule has 1 saturated carbocycles. The lowest BCUT2D eigenvalue weighted by atomic mass is 9.93. The van der Waals surface area contributed by atoms with Crippen LogP contribution >= 0.6 is 15.9 Å². The van der Waals surface area contributed by atoms with E-state index in [4.69, 9.17) is 14.2 Å². The number of nitrogens with one attached hydrogen (secondary N) is 1. The third kappa shape index (κ3) is 4.64. The minimum Gasteiger partial charge on any atom is -0.492 e. The predicted octanol–water partition coefficient (Wildman–Crippen LogP) is 5.01. The Morgan fingerprint density at radius 3 is 2.68 bits per heavy atom. The zero-order valence-electron chi connectivity index (χ0n) is 20.6. The Morgan fingerprint density at radius 1 is 1.03 bits per heavy atom. The first-order valence-corrected chi connectivity index (χ1v) is 13.5. The van der Waals surface area contributed by atoms with Crippen LogP contribution in [0.2, 0.25) is 0 Å². The molecule has 0 radical (unpaired) electrons. The number of hydrogen-bond donors (Lipinski definition) is 1. The minimum atomic E-state index is -0.672. The van der Waals surface area contributed by atoms with Gasteiger partial charge >= 0.3 is 6.03 Å². The summed E-state index contributed by atoms with van der Waals surface area (Å²) in [4.78, 5) is 40.0. The van der Waals surface area contributed by atoms with Crippen LogP contribution in [0.4, 0.5) is 4.79 Å². The molecule has 1 N–H and O–H groups in total. The Hall–Kier alpha value is -3.79. The maximum atomic E-state index is 13.4. The molecule has 0 bridgehead atoms. The van der Waals surface area contributed by atoms with E-state index in [1.807, 2.05) is 41.1 Å². The van der Waals surface area contributed by atoms with E-state index in [9.17, 15) is 14.4 Å². The number of fused-ring (bicyclic) bond motifs is 2. The second kappa shape index (κ2) is 10.2. The highest BCUT2D eigenvalue weighted by Gasteiger charge is 2.40. The van der Waals surface area contributed by atoms with E-state index in [0.717, 1.165) is 47.5 Å². The summed E-state index contributed by atoms with van der Waals surface area (Å²) in [7, 11) is 0. The van der Waals surface area contributed by atoms with Crippen molar-refractivity contribution in [3.05, 3.63) is 58.2 Å². The van der Waals surface area contributed by atoms with Crippen molar-refractivity contribution >= 4 is 50.8 Å². The molecule has 4 amide bonds. The summed E-state index contributed by atoms with van der Waals surface area (Å²) in [5, 5.41) is 3.24. The molecule has 1 aromatic heterocycles. The molecule has 0 unspecified atom stereocenters. The lowest BCUT2D eigenvalue weighted by Gasteiger charge is -2.35. The van der Waals surface area contributed by atoms with Crippen LogP contribution in [-0.2, 0) is 16.1 Å². The number of carbonyl (C=O) groups is 3. The predicted molar refractivity (Wildman–Crippen MR) is 143 cm³/mol. The normalized spacial score (nSPS) is 18.9. The maximum absolute atomic E-state index is 13.4. The van der Waals surface area contributed by atoms with Gasteiger partial charge in [0.2, 0.25) is 6.79 Å². The van der Waals surface area contributed by atoms with Crippen molar-refractivity contribution in [2.45, 2.75) is 44.7 Å². The van der Waals surface area contributed by atoms with Crippen molar-refractivity contribution < 1.29 is 28.6 Å². The van der Waals surface area contributed by atoms with Gasteiger partial charge in [-0.3, -0.25) is 19.8 Å². The third-order valence-electron chi connectivity index (χ3n) is 7.19. The Labute approximate surface area is 227 Å². The standard InChI is InChI=1S/C28H26BrN3O6/c29-18-6-8-23-21(13-18)17(15-31(23)10-11-36-20-7-9-24-25(14-20)38-16-37-24)12-22-26(33)30-28(35)32(27(22)34)19-4-2-1-3-5-19/h6-9,12-15,19H,1-5,10-11,16H2,(H,30,33,35)/b22-12+. The molecule has 6 rings (SSSR count). The number of barbiturate groups is 1. The molecular formula is C28H26BrN3O6. The monoisotopic (exact) mass is 579 g/mol. The van der Waals surface area contributed by atoms with Crippen molar-refractivity contribution in [2.75, 3.05) is 13.4 Å². The summed E-state index contributed by atoms with van der Waals surface area (Å²) in [5.41, 5.74) is 1.60. The van der Waals surface area contributed by atoms with E-state index in [0.29, 0.717) is 36.0 Å². The van der Waals surface area contributed by atoms with E-state index in [-0.39, 0.29) is 18.4 Å². The number of amides is 4. The van der Waals surface area contributed by atoms with Crippen LogP contribution in [0.15, 0.2) is 52.6 Å². The highest BCUT2D eigenvalue weighted by atomic mass is 79.9. The maximum Gasteiger partial charge on any atom is 0.331 e. The number of hydrogen-bond acceptors (Lipinski definition) is 6. The molecule has 3 aliphatic rings. The van der Waals surface area contributed by atoms with Gasteiger partial charge in [0.25, 0.3) is 11.8 Å². The zero-order valence-corrected chi connectivity index (χ0v) is 22.2. The van der Waals surface area contributed by atoms with Gasteiger partial charge in [-0.1, -0.05) is 35.2 Å². The fraction of sp³-hybridized carbons (Fsp3) is 0.321.